The predicted octanol–water partition coefficient (Wildman–Crippen LogP) is 2.18. The van der Waals surface area contributed by atoms with E-state index in [4.69, 9.17) is 4.52 Å². The molecule has 1 aromatic heterocycles. The van der Waals surface area contributed by atoms with Crippen LogP contribution in [0.4, 0.5) is 8.78 Å². The number of amides is 1. The number of nitrogens with zero attached hydrogens (tertiary/aromatic N) is 4. The molecule has 0 radical (unpaired) electrons. The Bertz CT molecular complexity index is 783. The monoisotopic (exact) mass is 348 g/mol. The van der Waals surface area contributed by atoms with Gasteiger partial charge in [0.1, 0.15) is 11.6 Å². The molecule has 1 aliphatic heterocycles. The molecule has 6 nitrogen and oxygen atoms in total. The number of carbonyl (C=O) groups is 1. The highest BCUT2D eigenvalue weighted by Gasteiger charge is 2.30. The molecule has 8 heteroatoms. The maximum Gasteiger partial charge on any atom is 0.256 e. The van der Waals surface area contributed by atoms with Gasteiger partial charge in [-0.2, -0.15) is 4.98 Å². The van der Waals surface area contributed by atoms with Gasteiger partial charge >= 0.3 is 0 Å². The highest BCUT2D eigenvalue weighted by atomic mass is 19.1. The number of hydrogen-bond donors (Lipinski definition) is 0. The standard InChI is InChI=1S/C17H18F2N4O2/c18-12-3-4-13(14(19)9-12)17(24)23-7-5-22(6-8-23)10-15-20-16(21-25-15)11-1-2-11/h3-4,9,11H,1-2,5-8,10H2. The van der Waals surface area contributed by atoms with Gasteiger partial charge in [-0.15, -0.1) is 0 Å². The molecule has 1 saturated carbocycles. The summed E-state index contributed by atoms with van der Waals surface area (Å²) in [6.07, 6.45) is 2.25. The summed E-state index contributed by atoms with van der Waals surface area (Å²) in [6.45, 7) is 2.76. The van der Waals surface area contributed by atoms with E-state index in [1.165, 1.54) is 6.07 Å². The van der Waals surface area contributed by atoms with Crippen molar-refractivity contribution in [2.45, 2.75) is 25.3 Å². The predicted molar refractivity (Wildman–Crippen MR) is 83.8 cm³/mol. The summed E-state index contributed by atoms with van der Waals surface area (Å²) in [5.41, 5.74) is -0.0965. The van der Waals surface area contributed by atoms with E-state index in [-0.39, 0.29) is 5.56 Å². The Morgan fingerprint density at radius 3 is 2.64 bits per heavy atom. The summed E-state index contributed by atoms with van der Waals surface area (Å²) in [6, 6.07) is 3.02. The zero-order valence-electron chi connectivity index (χ0n) is 13.6. The van der Waals surface area contributed by atoms with E-state index in [0.29, 0.717) is 44.5 Å². The van der Waals surface area contributed by atoms with Crippen LogP contribution in [-0.4, -0.2) is 52.0 Å². The van der Waals surface area contributed by atoms with Crippen LogP contribution in [0.5, 0.6) is 0 Å². The smallest absolute Gasteiger partial charge is 0.256 e. The first kappa shape index (κ1) is 16.1. The van der Waals surface area contributed by atoms with Crippen molar-refractivity contribution < 1.29 is 18.1 Å². The Morgan fingerprint density at radius 1 is 1.20 bits per heavy atom. The first-order valence-electron chi connectivity index (χ1n) is 8.39. The molecule has 132 valence electrons. The summed E-state index contributed by atoms with van der Waals surface area (Å²) >= 11 is 0. The molecule has 0 atom stereocenters. The molecule has 1 saturated heterocycles. The van der Waals surface area contributed by atoms with Gasteiger partial charge in [-0.3, -0.25) is 9.69 Å². The average molecular weight is 348 g/mol. The third kappa shape index (κ3) is 3.53. The zero-order chi connectivity index (χ0) is 17.4. The van der Waals surface area contributed by atoms with Crippen LogP contribution in [0.1, 0.15) is 40.8 Å². The average Bonchev–Trinajstić information content (AvgIpc) is 3.35. The Morgan fingerprint density at radius 2 is 1.96 bits per heavy atom. The molecule has 0 N–H and O–H groups in total. The van der Waals surface area contributed by atoms with E-state index < -0.39 is 17.5 Å². The van der Waals surface area contributed by atoms with Crippen LogP contribution >= 0.6 is 0 Å². The van der Waals surface area contributed by atoms with Crippen LogP contribution in [0.15, 0.2) is 22.7 Å². The number of hydrogen-bond acceptors (Lipinski definition) is 5. The van der Waals surface area contributed by atoms with Gasteiger partial charge in [0, 0.05) is 38.2 Å². The van der Waals surface area contributed by atoms with Crippen molar-refractivity contribution in [2.24, 2.45) is 0 Å². The van der Waals surface area contributed by atoms with Crippen LogP contribution in [0.25, 0.3) is 0 Å². The summed E-state index contributed by atoms with van der Waals surface area (Å²) in [4.78, 5) is 20.5. The number of benzene rings is 1. The lowest BCUT2D eigenvalue weighted by Gasteiger charge is -2.34. The van der Waals surface area contributed by atoms with Crippen LogP contribution in [-0.2, 0) is 6.54 Å². The molecule has 2 fully saturated rings. The summed E-state index contributed by atoms with van der Waals surface area (Å²) in [5.74, 6) is -0.0970. The first-order valence-corrected chi connectivity index (χ1v) is 8.39. The van der Waals surface area contributed by atoms with Crippen molar-refractivity contribution in [3.05, 3.63) is 47.1 Å². The molecular weight excluding hydrogens is 330 g/mol. The second-order valence-corrected chi connectivity index (χ2v) is 6.51. The fourth-order valence-corrected chi connectivity index (χ4v) is 2.97. The summed E-state index contributed by atoms with van der Waals surface area (Å²) in [5, 5.41) is 3.99. The van der Waals surface area contributed by atoms with Crippen molar-refractivity contribution in [1.29, 1.82) is 0 Å². The molecule has 0 spiro atoms. The Kier molecular flexibility index (Phi) is 4.20. The van der Waals surface area contributed by atoms with E-state index in [2.05, 4.69) is 15.0 Å². The lowest BCUT2D eigenvalue weighted by Crippen LogP contribution is -2.48. The lowest BCUT2D eigenvalue weighted by molar-refractivity contribution is 0.0610. The van der Waals surface area contributed by atoms with Crippen LogP contribution in [0.3, 0.4) is 0 Å². The number of halogens is 2. The Hall–Kier alpha value is -2.35. The van der Waals surface area contributed by atoms with Crippen molar-refractivity contribution in [1.82, 2.24) is 19.9 Å². The van der Waals surface area contributed by atoms with Gasteiger partial charge in [0.2, 0.25) is 5.89 Å². The van der Waals surface area contributed by atoms with E-state index in [9.17, 15) is 13.6 Å². The Labute approximate surface area is 143 Å². The molecule has 25 heavy (non-hydrogen) atoms. The van der Waals surface area contributed by atoms with Crippen molar-refractivity contribution in [3.63, 3.8) is 0 Å². The highest BCUT2D eigenvalue weighted by Crippen LogP contribution is 2.38. The molecule has 1 aromatic carbocycles. The fraction of sp³-hybridized carbons (Fsp3) is 0.471. The van der Waals surface area contributed by atoms with E-state index in [0.717, 1.165) is 30.8 Å². The second-order valence-electron chi connectivity index (χ2n) is 6.51. The van der Waals surface area contributed by atoms with Gasteiger partial charge in [0.25, 0.3) is 5.91 Å². The number of aromatic nitrogens is 2. The van der Waals surface area contributed by atoms with Crippen LogP contribution in [0.2, 0.25) is 0 Å². The molecular formula is C17H18F2N4O2. The molecule has 1 amide bonds. The summed E-state index contributed by atoms with van der Waals surface area (Å²) in [7, 11) is 0. The molecule has 2 heterocycles. The maximum absolute atomic E-state index is 13.8. The number of rotatable bonds is 4. The minimum Gasteiger partial charge on any atom is -0.338 e. The van der Waals surface area contributed by atoms with E-state index in [1.54, 1.807) is 4.90 Å². The molecule has 0 bridgehead atoms. The summed E-state index contributed by atoms with van der Waals surface area (Å²) < 4.78 is 32.0. The van der Waals surface area contributed by atoms with Crippen LogP contribution < -0.4 is 0 Å². The van der Waals surface area contributed by atoms with Crippen molar-refractivity contribution in [2.75, 3.05) is 26.2 Å². The third-order valence-corrected chi connectivity index (χ3v) is 4.61. The van der Waals surface area contributed by atoms with Gasteiger partial charge < -0.3 is 9.42 Å². The number of carbonyl (C=O) groups excluding carboxylic acids is 1. The van der Waals surface area contributed by atoms with Gasteiger partial charge in [-0.1, -0.05) is 5.16 Å². The van der Waals surface area contributed by atoms with E-state index >= 15 is 0 Å². The minimum absolute atomic E-state index is 0.0965. The minimum atomic E-state index is -0.828. The molecule has 0 unspecified atom stereocenters. The maximum atomic E-state index is 13.8. The largest absolute Gasteiger partial charge is 0.338 e. The molecule has 1 aliphatic carbocycles. The van der Waals surface area contributed by atoms with Gasteiger partial charge in [0.05, 0.1) is 12.1 Å². The SMILES string of the molecule is O=C(c1ccc(F)cc1F)N1CCN(Cc2nc(C3CC3)no2)CC1. The molecule has 2 aliphatic rings. The van der Waals surface area contributed by atoms with Gasteiger partial charge in [-0.05, 0) is 25.0 Å². The van der Waals surface area contributed by atoms with Crippen molar-refractivity contribution in [3.8, 4) is 0 Å². The van der Waals surface area contributed by atoms with Gasteiger partial charge in [-0.25, -0.2) is 8.78 Å². The first-order chi connectivity index (χ1) is 12.1. The Balaban J connectivity index is 1.33. The third-order valence-electron chi connectivity index (χ3n) is 4.61. The van der Waals surface area contributed by atoms with E-state index in [1.807, 2.05) is 0 Å². The molecule has 4 rings (SSSR count). The van der Waals surface area contributed by atoms with Crippen LogP contribution in [0, 0.1) is 11.6 Å². The normalized spacial score (nSPS) is 18.6. The molecule has 2 aromatic rings. The lowest BCUT2D eigenvalue weighted by atomic mass is 10.1. The highest BCUT2D eigenvalue weighted by molar-refractivity contribution is 5.94. The fourth-order valence-electron chi connectivity index (χ4n) is 2.97. The van der Waals surface area contributed by atoms with Gasteiger partial charge in [0.15, 0.2) is 5.82 Å². The quantitative estimate of drug-likeness (QED) is 0.848. The topological polar surface area (TPSA) is 62.5 Å². The number of piperazine rings is 1. The second kappa shape index (κ2) is 6.51. The van der Waals surface area contributed by atoms with Crippen molar-refractivity contribution >= 4 is 5.91 Å². The zero-order valence-corrected chi connectivity index (χ0v) is 13.6.